The van der Waals surface area contributed by atoms with E-state index in [4.69, 9.17) is 18.5 Å². The van der Waals surface area contributed by atoms with Crippen LogP contribution in [0.3, 0.4) is 0 Å². The van der Waals surface area contributed by atoms with Crippen LogP contribution in [0.1, 0.15) is 15.9 Å². The molecular formula is C9H7ClO. The molecule has 0 amide bonds. The molecule has 1 nitrogen and oxygen atoms in total. The highest BCUT2D eigenvalue weighted by Gasteiger charge is 1.97. The summed E-state index contributed by atoms with van der Waals surface area (Å²) in [7, 11) is 0. The van der Waals surface area contributed by atoms with Gasteiger partial charge in [0.25, 0.3) is 0 Å². The van der Waals surface area contributed by atoms with Gasteiger partial charge in [-0.15, -0.1) is 11.6 Å². The Hall–Kier alpha value is -0.820. The number of hydrogen-bond donors (Lipinski definition) is 0. The molecule has 1 aromatic carbocycles. The van der Waals surface area contributed by atoms with Gasteiger partial charge in [0.2, 0.25) is 0 Å². The van der Waals surface area contributed by atoms with Gasteiger partial charge in [-0.1, -0.05) is 24.3 Å². The summed E-state index contributed by atoms with van der Waals surface area (Å²) in [4.78, 5) is 10.6. The van der Waals surface area contributed by atoms with Gasteiger partial charge in [-0.3, -0.25) is 4.79 Å². The number of rotatable bonds is 2. The molecule has 0 aliphatic rings. The van der Waals surface area contributed by atoms with Gasteiger partial charge in [0.1, 0.15) is 0 Å². The van der Waals surface area contributed by atoms with E-state index >= 15 is 0 Å². The molecule has 0 N–H and O–H groups in total. The van der Waals surface area contributed by atoms with Crippen LogP contribution in [0.4, 0.5) is 0 Å². The van der Waals surface area contributed by atoms with Crippen LogP contribution < -0.4 is 0 Å². The zero-order chi connectivity index (χ0) is 8.27. The topological polar surface area (TPSA) is 17.1 Å². The average molecular weight is 167 g/mol. The maximum absolute atomic E-state index is 10.6. The summed E-state index contributed by atoms with van der Waals surface area (Å²) in [5.41, 5.74) is 1.50. The number of benzene rings is 1. The second-order valence-corrected chi connectivity index (χ2v) is 2.46. The van der Waals surface area contributed by atoms with E-state index in [-0.39, 0.29) is 0 Å². The van der Waals surface area contributed by atoms with Gasteiger partial charge in [-0.25, -0.2) is 0 Å². The normalized spacial score (nSPS) is 9.64. The van der Waals surface area contributed by atoms with Crippen molar-refractivity contribution in [1.82, 2.24) is 0 Å². The maximum Gasteiger partial charge on any atom is 0.167 e. The molecule has 0 bridgehead atoms. The minimum absolute atomic E-state index is 0.411. The Morgan fingerprint density at radius 1 is 1.36 bits per heavy atom. The fourth-order valence-corrected chi connectivity index (χ4v) is 0.936. The summed E-state index contributed by atoms with van der Waals surface area (Å²) in [6.07, 6.45) is 0. The van der Waals surface area contributed by atoms with Crippen LogP contribution >= 0.6 is 11.6 Å². The van der Waals surface area contributed by atoms with Crippen molar-refractivity contribution in [2.24, 2.45) is 0 Å². The van der Waals surface area contributed by atoms with Crippen LogP contribution in [0.5, 0.6) is 0 Å². The Bertz CT molecular complexity index is 251. The lowest BCUT2D eigenvalue weighted by Gasteiger charge is -1.96. The summed E-state index contributed by atoms with van der Waals surface area (Å²) in [5.74, 6) is 0.0464. The van der Waals surface area contributed by atoms with E-state index in [1.807, 2.05) is 0 Å². The lowest BCUT2D eigenvalue weighted by Crippen LogP contribution is -1.91. The number of halogens is 1. The number of hydrogen-bond acceptors (Lipinski definition) is 1. The summed E-state index contributed by atoms with van der Waals surface area (Å²) in [5, 5.41) is 0. The molecule has 2 heteroatoms. The van der Waals surface area contributed by atoms with Crippen LogP contribution in [-0.2, 0) is 5.88 Å². The quantitative estimate of drug-likeness (QED) is 0.487. The first kappa shape index (κ1) is 8.28. The second-order valence-electron chi connectivity index (χ2n) is 2.19. The van der Waals surface area contributed by atoms with Crippen molar-refractivity contribution in [3.8, 4) is 0 Å². The van der Waals surface area contributed by atoms with E-state index in [9.17, 15) is 4.79 Å². The van der Waals surface area contributed by atoms with E-state index in [0.29, 0.717) is 11.4 Å². The van der Waals surface area contributed by atoms with Crippen LogP contribution in [0.15, 0.2) is 24.3 Å². The fraction of sp³-hybridized carbons (Fsp3) is 0.111. The highest BCUT2D eigenvalue weighted by atomic mass is 35.5. The van der Waals surface area contributed by atoms with Gasteiger partial charge in [-0.2, -0.15) is 0 Å². The van der Waals surface area contributed by atoms with E-state index in [2.05, 4.69) is 0 Å². The molecule has 0 saturated heterocycles. The Morgan fingerprint density at radius 2 is 1.91 bits per heavy atom. The van der Waals surface area contributed by atoms with Crippen molar-refractivity contribution in [2.75, 3.05) is 0 Å². The standard InChI is InChI=1S/C9H7ClO/c1-7(11)9-4-2-8(6-10)3-5-9/h1-5H,6H2. The predicted octanol–water partition coefficient (Wildman–Crippen LogP) is 2.32. The lowest BCUT2D eigenvalue weighted by atomic mass is 10.1. The van der Waals surface area contributed by atoms with E-state index in [0.717, 1.165) is 5.56 Å². The molecule has 0 saturated carbocycles. The average Bonchev–Trinajstić information content (AvgIpc) is 2.05. The molecule has 0 aliphatic carbocycles. The maximum atomic E-state index is 10.6. The molecule has 0 unspecified atom stereocenters. The molecule has 11 heavy (non-hydrogen) atoms. The van der Waals surface area contributed by atoms with Gasteiger partial charge >= 0.3 is 0 Å². The van der Waals surface area contributed by atoms with E-state index < -0.39 is 5.78 Å². The number of alkyl halides is 1. The van der Waals surface area contributed by atoms with Crippen molar-refractivity contribution in [3.63, 3.8) is 0 Å². The smallest absolute Gasteiger partial charge is 0.167 e. The number of Topliss-reactive ketones (excluding diaryl/α,β-unsaturated/α-hetero) is 1. The Morgan fingerprint density at radius 3 is 2.27 bits per heavy atom. The molecule has 1 rings (SSSR count). The van der Waals surface area contributed by atoms with Gasteiger partial charge < -0.3 is 0 Å². The third kappa shape index (κ3) is 2.05. The van der Waals surface area contributed by atoms with Crippen molar-refractivity contribution in [1.29, 1.82) is 0 Å². The predicted molar refractivity (Wildman–Crippen MR) is 44.6 cm³/mol. The van der Waals surface area contributed by atoms with E-state index in [1.165, 1.54) is 0 Å². The molecule has 0 spiro atoms. The Labute approximate surface area is 71.0 Å². The molecule has 0 aromatic heterocycles. The van der Waals surface area contributed by atoms with Crippen molar-refractivity contribution in [2.45, 2.75) is 5.88 Å². The van der Waals surface area contributed by atoms with Crippen LogP contribution in [0.2, 0.25) is 0 Å². The van der Waals surface area contributed by atoms with Crippen molar-refractivity contribution in [3.05, 3.63) is 42.3 Å². The second kappa shape index (κ2) is 3.54. The van der Waals surface area contributed by atoms with Gasteiger partial charge in [0.05, 0.1) is 0 Å². The van der Waals surface area contributed by atoms with Crippen LogP contribution in [0, 0.1) is 6.92 Å². The minimum Gasteiger partial charge on any atom is -0.294 e. The Balaban J connectivity index is 2.91. The lowest BCUT2D eigenvalue weighted by molar-refractivity contribution is 0.104. The minimum atomic E-state index is -0.411. The third-order valence-corrected chi connectivity index (χ3v) is 1.70. The number of carbonyl (C=O) groups is 1. The highest BCUT2D eigenvalue weighted by Crippen LogP contribution is 2.06. The zero-order valence-corrected chi connectivity index (χ0v) is 6.64. The first-order valence-corrected chi connectivity index (χ1v) is 3.72. The number of ketones is 1. The van der Waals surface area contributed by atoms with Crippen molar-refractivity contribution >= 4 is 17.4 Å². The largest absolute Gasteiger partial charge is 0.294 e. The van der Waals surface area contributed by atoms with Crippen LogP contribution in [-0.4, -0.2) is 5.78 Å². The third-order valence-electron chi connectivity index (χ3n) is 1.39. The Kier molecular flexibility index (Phi) is 2.66. The van der Waals surface area contributed by atoms with Gasteiger partial charge in [0, 0.05) is 18.4 Å². The fourth-order valence-electron chi connectivity index (χ4n) is 0.758. The first-order valence-electron chi connectivity index (χ1n) is 3.18. The molecule has 0 heterocycles. The summed E-state index contributed by atoms with van der Waals surface area (Å²) >= 11 is 5.54. The summed E-state index contributed by atoms with van der Waals surface area (Å²) < 4.78 is 0. The van der Waals surface area contributed by atoms with Crippen molar-refractivity contribution < 1.29 is 4.79 Å². The SMILES string of the molecule is [CH]C(=O)c1ccc(CCl)cc1. The molecule has 1 aromatic rings. The monoisotopic (exact) mass is 166 g/mol. The first-order chi connectivity index (χ1) is 5.24. The molecule has 0 atom stereocenters. The molecule has 0 fully saturated rings. The summed E-state index contributed by atoms with van der Waals surface area (Å²) in [6, 6.07) is 6.90. The summed E-state index contributed by atoms with van der Waals surface area (Å²) in [6.45, 7) is 5.03. The highest BCUT2D eigenvalue weighted by molar-refractivity contribution is 6.17. The molecule has 56 valence electrons. The molecule has 0 aliphatic heterocycles. The number of carbonyl (C=O) groups excluding carboxylic acids is 1. The molecule has 2 radical (unpaired) electrons. The van der Waals surface area contributed by atoms with Gasteiger partial charge in [-0.05, 0) is 5.56 Å². The van der Waals surface area contributed by atoms with Crippen LogP contribution in [0.25, 0.3) is 0 Å². The molecular weight excluding hydrogens is 160 g/mol. The van der Waals surface area contributed by atoms with E-state index in [1.54, 1.807) is 24.3 Å². The van der Waals surface area contributed by atoms with Gasteiger partial charge in [0.15, 0.2) is 5.78 Å². The zero-order valence-electron chi connectivity index (χ0n) is 5.88.